The van der Waals surface area contributed by atoms with Crippen molar-refractivity contribution >= 4 is 55.8 Å². The maximum absolute atomic E-state index is 12.5. The maximum Gasteiger partial charge on any atom is 0.263 e. The van der Waals surface area contributed by atoms with E-state index in [9.17, 15) is 4.79 Å². The standard InChI is InChI=1S/C18H16N4OS3/c1-9(2)20-17(23)15-13(19)12-14(10-5-7-24-8-10)21-16(22-18(12)26-15)11-4-3-6-25-11/h3-9H,19H2,1-2H3,(H,20,23). The molecule has 8 heteroatoms. The van der Waals surface area contributed by atoms with Gasteiger partial charge in [-0.1, -0.05) is 6.07 Å². The number of hydrogen-bond acceptors (Lipinski definition) is 7. The fourth-order valence-corrected chi connectivity index (χ4v) is 4.94. The van der Waals surface area contributed by atoms with Crippen LogP contribution in [0.1, 0.15) is 23.5 Å². The molecule has 3 N–H and O–H groups in total. The summed E-state index contributed by atoms with van der Waals surface area (Å²) in [4.78, 5) is 24.2. The largest absolute Gasteiger partial charge is 0.397 e. The highest BCUT2D eigenvalue weighted by Gasteiger charge is 2.23. The van der Waals surface area contributed by atoms with Crippen molar-refractivity contribution in [2.45, 2.75) is 19.9 Å². The molecule has 0 saturated heterocycles. The average Bonchev–Trinajstić information content (AvgIpc) is 3.35. The number of carbonyl (C=O) groups is 1. The zero-order valence-electron chi connectivity index (χ0n) is 14.1. The molecule has 1 amide bonds. The summed E-state index contributed by atoms with van der Waals surface area (Å²) >= 11 is 4.50. The maximum atomic E-state index is 12.5. The molecule has 0 aliphatic carbocycles. The normalized spacial score (nSPS) is 11.3. The van der Waals surface area contributed by atoms with E-state index < -0.39 is 0 Å². The van der Waals surface area contributed by atoms with Crippen LogP contribution in [0.15, 0.2) is 34.3 Å². The minimum absolute atomic E-state index is 0.0382. The molecule has 0 unspecified atom stereocenters. The third kappa shape index (κ3) is 3.00. The number of hydrogen-bond donors (Lipinski definition) is 2. The van der Waals surface area contributed by atoms with Gasteiger partial charge < -0.3 is 11.1 Å². The van der Waals surface area contributed by atoms with Gasteiger partial charge in [0.05, 0.1) is 21.6 Å². The number of fused-ring (bicyclic) bond motifs is 1. The van der Waals surface area contributed by atoms with Crippen LogP contribution < -0.4 is 11.1 Å². The lowest BCUT2D eigenvalue weighted by Gasteiger charge is -2.07. The molecule has 0 radical (unpaired) electrons. The number of thiophene rings is 3. The van der Waals surface area contributed by atoms with Crippen LogP contribution >= 0.6 is 34.0 Å². The zero-order valence-corrected chi connectivity index (χ0v) is 16.6. The average molecular weight is 401 g/mol. The van der Waals surface area contributed by atoms with Gasteiger partial charge in [-0.05, 0) is 36.7 Å². The SMILES string of the molecule is CC(C)NC(=O)c1sc2nc(-c3cccs3)nc(-c3ccsc3)c2c1N. The van der Waals surface area contributed by atoms with E-state index in [2.05, 4.69) is 5.32 Å². The fraction of sp³-hybridized carbons (Fsp3) is 0.167. The summed E-state index contributed by atoms with van der Waals surface area (Å²) in [6.07, 6.45) is 0. The Morgan fingerprint density at radius 3 is 2.73 bits per heavy atom. The predicted octanol–water partition coefficient (Wildman–Crippen LogP) is 4.87. The Balaban J connectivity index is 1.96. The van der Waals surface area contributed by atoms with Crippen molar-refractivity contribution in [3.05, 3.63) is 39.2 Å². The number of aromatic nitrogens is 2. The van der Waals surface area contributed by atoms with Crippen molar-refractivity contribution in [3.8, 4) is 22.0 Å². The van der Waals surface area contributed by atoms with Crippen molar-refractivity contribution in [2.24, 2.45) is 0 Å². The van der Waals surface area contributed by atoms with Crippen LogP contribution in [-0.2, 0) is 0 Å². The molecule has 4 rings (SSSR count). The van der Waals surface area contributed by atoms with Crippen LogP contribution in [-0.4, -0.2) is 21.9 Å². The smallest absolute Gasteiger partial charge is 0.263 e. The Hall–Kier alpha value is -2.29. The van der Waals surface area contributed by atoms with E-state index >= 15 is 0 Å². The summed E-state index contributed by atoms with van der Waals surface area (Å²) in [5.74, 6) is 0.486. The van der Waals surface area contributed by atoms with Crippen LogP contribution in [0.5, 0.6) is 0 Å². The second-order valence-electron chi connectivity index (χ2n) is 6.04. The minimum Gasteiger partial charge on any atom is -0.397 e. The number of nitrogens with two attached hydrogens (primary N) is 1. The van der Waals surface area contributed by atoms with E-state index in [4.69, 9.17) is 15.7 Å². The van der Waals surface area contributed by atoms with E-state index in [1.807, 2.05) is 48.2 Å². The van der Waals surface area contributed by atoms with Crippen molar-refractivity contribution < 1.29 is 4.79 Å². The molecule has 0 aromatic carbocycles. The molecular weight excluding hydrogens is 384 g/mol. The molecule has 132 valence electrons. The van der Waals surface area contributed by atoms with Crippen LogP contribution in [0.4, 0.5) is 5.69 Å². The Bertz CT molecular complexity index is 1070. The van der Waals surface area contributed by atoms with Gasteiger partial charge in [0, 0.05) is 17.0 Å². The van der Waals surface area contributed by atoms with E-state index in [1.165, 1.54) is 11.3 Å². The number of nitrogen functional groups attached to an aromatic ring is 1. The lowest BCUT2D eigenvalue weighted by molar-refractivity contribution is 0.0948. The van der Waals surface area contributed by atoms with Crippen molar-refractivity contribution in [3.63, 3.8) is 0 Å². The molecule has 0 aliphatic heterocycles. The summed E-state index contributed by atoms with van der Waals surface area (Å²) in [6, 6.07) is 6.01. The van der Waals surface area contributed by atoms with Crippen LogP contribution in [0.3, 0.4) is 0 Å². The minimum atomic E-state index is -0.172. The molecule has 0 fully saturated rings. The molecule has 4 aromatic rings. The summed E-state index contributed by atoms with van der Waals surface area (Å²) < 4.78 is 0. The number of nitrogens with zero attached hydrogens (tertiary/aromatic N) is 2. The van der Waals surface area contributed by atoms with Gasteiger partial charge in [-0.25, -0.2) is 9.97 Å². The highest BCUT2D eigenvalue weighted by Crippen LogP contribution is 2.40. The molecule has 26 heavy (non-hydrogen) atoms. The van der Waals surface area contributed by atoms with Crippen LogP contribution in [0, 0.1) is 0 Å². The van der Waals surface area contributed by atoms with Crippen molar-refractivity contribution in [2.75, 3.05) is 5.73 Å². The lowest BCUT2D eigenvalue weighted by Crippen LogP contribution is -2.29. The first-order chi connectivity index (χ1) is 12.5. The van der Waals surface area contributed by atoms with Gasteiger partial charge in [-0.15, -0.1) is 22.7 Å². The number of anilines is 1. The van der Waals surface area contributed by atoms with E-state index in [-0.39, 0.29) is 11.9 Å². The number of carbonyl (C=O) groups excluding carboxylic acids is 1. The van der Waals surface area contributed by atoms with Gasteiger partial charge in [-0.2, -0.15) is 11.3 Å². The highest BCUT2D eigenvalue weighted by atomic mass is 32.1. The molecular formula is C18H16N4OS3. The lowest BCUT2D eigenvalue weighted by atomic mass is 10.1. The Morgan fingerprint density at radius 2 is 2.08 bits per heavy atom. The van der Waals surface area contributed by atoms with Crippen LogP contribution in [0.25, 0.3) is 32.2 Å². The Kier molecular flexibility index (Phi) is 4.47. The molecule has 0 spiro atoms. The molecule has 4 aromatic heterocycles. The molecule has 0 saturated carbocycles. The summed E-state index contributed by atoms with van der Waals surface area (Å²) in [6.45, 7) is 3.85. The van der Waals surface area contributed by atoms with Gasteiger partial charge in [0.1, 0.15) is 9.71 Å². The van der Waals surface area contributed by atoms with Crippen molar-refractivity contribution in [1.82, 2.24) is 15.3 Å². The van der Waals surface area contributed by atoms with Crippen LogP contribution in [0.2, 0.25) is 0 Å². The Morgan fingerprint density at radius 1 is 1.23 bits per heavy atom. The first kappa shape index (κ1) is 17.1. The third-order valence-corrected chi connectivity index (χ3v) is 6.40. The summed E-state index contributed by atoms with van der Waals surface area (Å²) in [5, 5.41) is 9.69. The van der Waals surface area contributed by atoms with Gasteiger partial charge in [0.2, 0.25) is 0 Å². The van der Waals surface area contributed by atoms with Gasteiger partial charge in [-0.3, -0.25) is 4.79 Å². The Labute approximate surface area is 162 Å². The predicted molar refractivity (Wildman–Crippen MR) is 111 cm³/mol. The van der Waals surface area contributed by atoms with Gasteiger partial charge in [0.15, 0.2) is 5.82 Å². The fourth-order valence-electron chi connectivity index (χ4n) is 2.64. The first-order valence-corrected chi connectivity index (χ1v) is 10.7. The molecule has 5 nitrogen and oxygen atoms in total. The monoisotopic (exact) mass is 400 g/mol. The topological polar surface area (TPSA) is 80.9 Å². The van der Waals surface area contributed by atoms with Crippen molar-refractivity contribution in [1.29, 1.82) is 0 Å². The number of amides is 1. The second kappa shape index (κ2) is 6.79. The van der Waals surface area contributed by atoms with Gasteiger partial charge in [0.25, 0.3) is 5.91 Å². The quantitative estimate of drug-likeness (QED) is 0.512. The summed E-state index contributed by atoms with van der Waals surface area (Å²) in [7, 11) is 0. The molecule has 0 atom stereocenters. The van der Waals surface area contributed by atoms with E-state index in [0.717, 1.165) is 26.4 Å². The van der Waals surface area contributed by atoms with E-state index in [1.54, 1.807) is 22.7 Å². The number of nitrogens with one attached hydrogen (secondary N) is 1. The highest BCUT2D eigenvalue weighted by molar-refractivity contribution is 7.21. The summed E-state index contributed by atoms with van der Waals surface area (Å²) in [5.41, 5.74) is 8.57. The molecule has 0 bridgehead atoms. The number of rotatable bonds is 4. The zero-order chi connectivity index (χ0) is 18.3. The van der Waals surface area contributed by atoms with E-state index in [0.29, 0.717) is 16.4 Å². The first-order valence-electron chi connectivity index (χ1n) is 8.02. The third-order valence-electron chi connectivity index (χ3n) is 3.75. The molecule has 4 heterocycles. The second-order valence-corrected chi connectivity index (χ2v) is 8.77. The van der Waals surface area contributed by atoms with Gasteiger partial charge >= 0.3 is 0 Å². The molecule has 0 aliphatic rings.